The summed E-state index contributed by atoms with van der Waals surface area (Å²) in [5, 5.41) is 8.62. The lowest BCUT2D eigenvalue weighted by Crippen LogP contribution is -2.11. The molecule has 0 aliphatic carbocycles. The molecule has 0 saturated carbocycles. The first-order valence-electron chi connectivity index (χ1n) is 4.58. The fourth-order valence-electron chi connectivity index (χ4n) is 1.47. The van der Waals surface area contributed by atoms with Gasteiger partial charge in [0.05, 0.1) is 6.20 Å². The van der Waals surface area contributed by atoms with E-state index in [1.54, 1.807) is 0 Å². The van der Waals surface area contributed by atoms with Crippen LogP contribution >= 0.6 is 0 Å². The highest BCUT2D eigenvalue weighted by Gasteiger charge is 2.22. The molecule has 0 amide bonds. The van der Waals surface area contributed by atoms with Crippen molar-refractivity contribution in [3.63, 3.8) is 0 Å². The number of aromatic carboxylic acids is 1. The fraction of sp³-hybridized carbons (Fsp3) is 0.556. The van der Waals surface area contributed by atoms with Gasteiger partial charge in [0.15, 0.2) is 0 Å². The van der Waals surface area contributed by atoms with Gasteiger partial charge in [0.25, 0.3) is 0 Å². The number of aromatic nitrogens is 1. The lowest BCUT2D eigenvalue weighted by molar-refractivity contribution is -0.00228. The van der Waals surface area contributed by atoms with Crippen LogP contribution in [0.25, 0.3) is 0 Å². The maximum Gasteiger partial charge on any atom is 0.373 e. The van der Waals surface area contributed by atoms with Gasteiger partial charge in [0, 0.05) is 6.61 Å². The lowest BCUT2D eigenvalue weighted by atomic mass is 10.1. The SMILES string of the molecule is O=C(O)c1cnc(C2CCCCO2)o1. The van der Waals surface area contributed by atoms with Crippen LogP contribution in [0, 0.1) is 0 Å². The van der Waals surface area contributed by atoms with E-state index in [2.05, 4.69) is 4.98 Å². The van der Waals surface area contributed by atoms with Crippen molar-refractivity contribution in [3.05, 3.63) is 17.8 Å². The molecular formula is C9H11NO4. The number of carboxylic acid groups (broad SMARTS) is 1. The van der Waals surface area contributed by atoms with Gasteiger partial charge in [-0.3, -0.25) is 0 Å². The smallest absolute Gasteiger partial charge is 0.373 e. The Labute approximate surface area is 80.7 Å². The Morgan fingerprint density at radius 3 is 3.00 bits per heavy atom. The highest BCUT2D eigenvalue weighted by atomic mass is 16.5. The number of carbonyl (C=O) groups is 1. The van der Waals surface area contributed by atoms with Crippen LogP contribution in [0.2, 0.25) is 0 Å². The summed E-state index contributed by atoms with van der Waals surface area (Å²) in [7, 11) is 0. The number of rotatable bonds is 2. The molecule has 2 heterocycles. The molecule has 1 aliphatic heterocycles. The molecule has 1 aromatic heterocycles. The molecule has 5 nitrogen and oxygen atoms in total. The van der Waals surface area contributed by atoms with Gasteiger partial charge in [-0.1, -0.05) is 0 Å². The molecule has 1 saturated heterocycles. The van der Waals surface area contributed by atoms with Crippen molar-refractivity contribution < 1.29 is 19.1 Å². The van der Waals surface area contributed by atoms with Gasteiger partial charge in [0.2, 0.25) is 11.7 Å². The summed E-state index contributed by atoms with van der Waals surface area (Å²) in [5.74, 6) is -0.851. The molecule has 2 rings (SSSR count). The van der Waals surface area contributed by atoms with E-state index in [9.17, 15) is 4.79 Å². The van der Waals surface area contributed by atoms with Crippen molar-refractivity contribution in [1.82, 2.24) is 4.98 Å². The van der Waals surface area contributed by atoms with Gasteiger partial charge in [-0.15, -0.1) is 0 Å². The normalized spacial score (nSPS) is 22.1. The maximum absolute atomic E-state index is 10.5. The molecule has 1 fully saturated rings. The number of ether oxygens (including phenoxy) is 1. The van der Waals surface area contributed by atoms with Crippen molar-refractivity contribution in [2.75, 3.05) is 6.61 Å². The Kier molecular flexibility index (Phi) is 2.49. The quantitative estimate of drug-likeness (QED) is 0.779. The zero-order chi connectivity index (χ0) is 9.97. The summed E-state index contributed by atoms with van der Waals surface area (Å²) in [6.07, 6.45) is 4.00. The van der Waals surface area contributed by atoms with E-state index in [1.807, 2.05) is 0 Å². The standard InChI is InChI=1S/C9H11NO4/c11-9(12)7-5-10-8(14-7)6-3-1-2-4-13-6/h5-6H,1-4H2,(H,11,12). The Hall–Kier alpha value is -1.36. The molecule has 76 valence electrons. The van der Waals surface area contributed by atoms with Crippen molar-refractivity contribution in [2.24, 2.45) is 0 Å². The summed E-state index contributed by atoms with van der Waals surface area (Å²) >= 11 is 0. The van der Waals surface area contributed by atoms with Crippen LogP contribution in [0.5, 0.6) is 0 Å². The van der Waals surface area contributed by atoms with Crippen LogP contribution < -0.4 is 0 Å². The molecule has 1 unspecified atom stereocenters. The molecule has 1 atom stereocenters. The van der Waals surface area contributed by atoms with Crippen molar-refractivity contribution in [1.29, 1.82) is 0 Å². The molecule has 5 heteroatoms. The van der Waals surface area contributed by atoms with Crippen LogP contribution in [0.3, 0.4) is 0 Å². The zero-order valence-corrected chi connectivity index (χ0v) is 7.60. The average molecular weight is 197 g/mol. The molecule has 14 heavy (non-hydrogen) atoms. The van der Waals surface area contributed by atoms with Crippen LogP contribution in [0.15, 0.2) is 10.6 Å². The fourth-order valence-corrected chi connectivity index (χ4v) is 1.47. The summed E-state index contributed by atoms with van der Waals surface area (Å²) in [6, 6.07) is 0. The van der Waals surface area contributed by atoms with E-state index >= 15 is 0 Å². The lowest BCUT2D eigenvalue weighted by Gasteiger charge is -2.19. The second kappa shape index (κ2) is 3.79. The third-order valence-corrected chi connectivity index (χ3v) is 2.19. The van der Waals surface area contributed by atoms with Crippen molar-refractivity contribution in [2.45, 2.75) is 25.4 Å². The summed E-state index contributed by atoms with van der Waals surface area (Å²) in [4.78, 5) is 14.4. The number of hydrogen-bond donors (Lipinski definition) is 1. The van der Waals surface area contributed by atoms with E-state index in [4.69, 9.17) is 14.3 Å². The molecule has 0 aromatic carbocycles. The Balaban J connectivity index is 2.11. The van der Waals surface area contributed by atoms with E-state index in [1.165, 1.54) is 6.20 Å². The maximum atomic E-state index is 10.5. The predicted octanol–water partition coefficient (Wildman–Crippen LogP) is 1.61. The Morgan fingerprint density at radius 1 is 1.57 bits per heavy atom. The molecule has 0 radical (unpaired) electrons. The minimum atomic E-state index is -1.10. The third-order valence-electron chi connectivity index (χ3n) is 2.19. The highest BCUT2D eigenvalue weighted by molar-refractivity contribution is 5.83. The monoisotopic (exact) mass is 197 g/mol. The van der Waals surface area contributed by atoms with E-state index in [0.29, 0.717) is 12.5 Å². The number of oxazole rings is 1. The van der Waals surface area contributed by atoms with Gasteiger partial charge in [-0.05, 0) is 19.3 Å². The average Bonchev–Trinajstić information content (AvgIpc) is 2.68. The van der Waals surface area contributed by atoms with E-state index in [-0.39, 0.29) is 11.9 Å². The zero-order valence-electron chi connectivity index (χ0n) is 7.60. The summed E-state index contributed by atoms with van der Waals surface area (Å²) < 4.78 is 10.5. The van der Waals surface area contributed by atoms with Gasteiger partial charge < -0.3 is 14.3 Å². The molecule has 0 bridgehead atoms. The van der Waals surface area contributed by atoms with E-state index < -0.39 is 5.97 Å². The first-order valence-corrected chi connectivity index (χ1v) is 4.58. The largest absolute Gasteiger partial charge is 0.475 e. The van der Waals surface area contributed by atoms with Gasteiger partial charge >= 0.3 is 5.97 Å². The highest BCUT2D eigenvalue weighted by Crippen LogP contribution is 2.27. The number of nitrogens with zero attached hydrogens (tertiary/aromatic N) is 1. The van der Waals surface area contributed by atoms with Crippen LogP contribution in [0.4, 0.5) is 0 Å². The molecule has 1 aliphatic rings. The molecular weight excluding hydrogens is 186 g/mol. The summed E-state index contributed by atoms with van der Waals surface area (Å²) in [5.41, 5.74) is 0. The van der Waals surface area contributed by atoms with E-state index in [0.717, 1.165) is 19.3 Å². The first kappa shape index (κ1) is 9.21. The van der Waals surface area contributed by atoms with Crippen molar-refractivity contribution >= 4 is 5.97 Å². The molecule has 0 spiro atoms. The van der Waals surface area contributed by atoms with Gasteiger partial charge in [-0.25, -0.2) is 9.78 Å². The second-order valence-corrected chi connectivity index (χ2v) is 3.22. The second-order valence-electron chi connectivity index (χ2n) is 3.22. The Bertz CT molecular complexity index is 327. The minimum absolute atomic E-state index is 0.130. The minimum Gasteiger partial charge on any atom is -0.475 e. The van der Waals surface area contributed by atoms with Gasteiger partial charge in [-0.2, -0.15) is 0 Å². The Morgan fingerprint density at radius 2 is 2.43 bits per heavy atom. The molecule has 1 aromatic rings. The third kappa shape index (κ3) is 1.77. The number of carboxylic acids is 1. The van der Waals surface area contributed by atoms with Crippen LogP contribution in [-0.4, -0.2) is 22.7 Å². The van der Waals surface area contributed by atoms with Crippen LogP contribution in [-0.2, 0) is 4.74 Å². The first-order chi connectivity index (χ1) is 6.77. The van der Waals surface area contributed by atoms with Crippen LogP contribution in [0.1, 0.15) is 41.8 Å². The molecule has 1 N–H and O–H groups in total. The number of hydrogen-bond acceptors (Lipinski definition) is 4. The predicted molar refractivity (Wildman–Crippen MR) is 46.0 cm³/mol. The topological polar surface area (TPSA) is 72.6 Å². The summed E-state index contributed by atoms with van der Waals surface area (Å²) in [6.45, 7) is 0.690. The van der Waals surface area contributed by atoms with Crippen molar-refractivity contribution in [3.8, 4) is 0 Å². The van der Waals surface area contributed by atoms with Gasteiger partial charge in [0.1, 0.15) is 6.10 Å².